The number of benzene rings is 2. The molecule has 1 heterocycles. The number of morpholine rings is 1. The maximum Gasteiger partial charge on any atom is 0.261 e. The second-order valence-corrected chi connectivity index (χ2v) is 8.51. The van der Waals surface area contributed by atoms with E-state index in [4.69, 9.17) is 32.7 Å². The van der Waals surface area contributed by atoms with Crippen molar-refractivity contribution < 1.29 is 22.7 Å². The maximum atomic E-state index is 12.5. The van der Waals surface area contributed by atoms with Crippen molar-refractivity contribution >= 4 is 44.8 Å². The Morgan fingerprint density at radius 2 is 1.79 bits per heavy atom. The number of ether oxygens (including phenoxy) is 2. The highest BCUT2D eigenvalue weighted by molar-refractivity contribution is 7.92. The monoisotopic (exact) mass is 444 g/mol. The van der Waals surface area contributed by atoms with E-state index in [1.807, 2.05) is 0 Å². The molecular weight excluding hydrogens is 427 g/mol. The molecule has 1 saturated heterocycles. The minimum absolute atomic E-state index is 0.0284. The van der Waals surface area contributed by atoms with Gasteiger partial charge in [0.1, 0.15) is 5.75 Å². The molecular formula is C18H18Cl2N2O5S. The lowest BCUT2D eigenvalue weighted by Crippen LogP contribution is -2.43. The van der Waals surface area contributed by atoms with Crippen LogP contribution in [0.4, 0.5) is 5.69 Å². The van der Waals surface area contributed by atoms with E-state index in [9.17, 15) is 13.2 Å². The fourth-order valence-electron chi connectivity index (χ4n) is 2.54. The zero-order chi connectivity index (χ0) is 20.1. The molecule has 0 aromatic heterocycles. The molecule has 7 nitrogen and oxygen atoms in total. The molecule has 0 saturated carbocycles. The second kappa shape index (κ2) is 9.00. The predicted octanol–water partition coefficient (Wildman–Crippen LogP) is 3.03. The van der Waals surface area contributed by atoms with E-state index >= 15 is 0 Å². The lowest BCUT2D eigenvalue weighted by atomic mass is 10.3. The second-order valence-electron chi connectivity index (χ2n) is 5.99. The molecule has 1 N–H and O–H groups in total. The van der Waals surface area contributed by atoms with Crippen molar-refractivity contribution in [2.45, 2.75) is 4.90 Å². The first-order valence-corrected chi connectivity index (χ1v) is 10.7. The van der Waals surface area contributed by atoms with Crippen molar-refractivity contribution in [3.05, 3.63) is 52.5 Å². The molecule has 1 aliphatic heterocycles. The summed E-state index contributed by atoms with van der Waals surface area (Å²) in [6.07, 6.45) is 0. The standard InChI is InChI=1S/C18H18Cl2N2O5S/c19-13-1-3-14(4-2-13)21-28(24,25)15-5-6-17(16(20)11-15)27-12-18(23)22-7-9-26-10-8-22/h1-6,11,21H,7-10,12H2. The Hall–Kier alpha value is -2.00. The Bertz CT molecular complexity index is 945. The van der Waals surface area contributed by atoms with Crippen molar-refractivity contribution in [1.29, 1.82) is 0 Å². The van der Waals surface area contributed by atoms with Gasteiger partial charge in [0.2, 0.25) is 0 Å². The smallest absolute Gasteiger partial charge is 0.261 e. The molecule has 2 aromatic rings. The van der Waals surface area contributed by atoms with Gasteiger partial charge in [0, 0.05) is 23.8 Å². The SMILES string of the molecule is O=C(COc1ccc(S(=O)(=O)Nc2ccc(Cl)cc2)cc1Cl)N1CCOCC1. The highest BCUT2D eigenvalue weighted by atomic mass is 35.5. The lowest BCUT2D eigenvalue weighted by molar-refractivity contribution is -0.137. The van der Waals surface area contributed by atoms with Gasteiger partial charge in [0.05, 0.1) is 23.1 Å². The van der Waals surface area contributed by atoms with Gasteiger partial charge in [-0.3, -0.25) is 9.52 Å². The number of amides is 1. The first-order chi connectivity index (χ1) is 13.3. The molecule has 0 unspecified atom stereocenters. The fourth-order valence-corrected chi connectivity index (χ4v) is 4.05. The third-order valence-corrected chi connectivity index (χ3v) is 5.95. The van der Waals surface area contributed by atoms with Crippen LogP contribution in [0.3, 0.4) is 0 Å². The average Bonchev–Trinajstić information content (AvgIpc) is 2.69. The van der Waals surface area contributed by atoms with Gasteiger partial charge in [-0.2, -0.15) is 0 Å². The van der Waals surface area contributed by atoms with E-state index in [1.54, 1.807) is 29.2 Å². The van der Waals surface area contributed by atoms with Crippen molar-refractivity contribution in [3.8, 4) is 5.75 Å². The fraction of sp³-hybridized carbons (Fsp3) is 0.278. The summed E-state index contributed by atoms with van der Waals surface area (Å²) in [7, 11) is -3.84. The van der Waals surface area contributed by atoms with Gasteiger partial charge in [-0.15, -0.1) is 0 Å². The number of hydrogen-bond acceptors (Lipinski definition) is 5. The van der Waals surface area contributed by atoms with Gasteiger partial charge in [-0.05, 0) is 42.5 Å². The Morgan fingerprint density at radius 1 is 1.11 bits per heavy atom. The van der Waals surface area contributed by atoms with E-state index < -0.39 is 10.0 Å². The quantitative estimate of drug-likeness (QED) is 0.739. The minimum atomic E-state index is -3.84. The zero-order valence-corrected chi connectivity index (χ0v) is 17.1. The van der Waals surface area contributed by atoms with Crippen molar-refractivity contribution in [2.75, 3.05) is 37.6 Å². The molecule has 2 aromatic carbocycles. The third-order valence-electron chi connectivity index (χ3n) is 4.03. The topological polar surface area (TPSA) is 84.9 Å². The summed E-state index contributed by atoms with van der Waals surface area (Å²) in [6.45, 7) is 1.85. The van der Waals surface area contributed by atoms with E-state index in [1.165, 1.54) is 18.2 Å². The van der Waals surface area contributed by atoms with Crippen LogP contribution >= 0.6 is 23.2 Å². The summed E-state index contributed by atoms with van der Waals surface area (Å²) in [5.74, 6) is 0.0502. The van der Waals surface area contributed by atoms with E-state index in [0.29, 0.717) is 37.0 Å². The average molecular weight is 445 g/mol. The van der Waals surface area contributed by atoms with Crippen molar-refractivity contribution in [3.63, 3.8) is 0 Å². The number of carbonyl (C=O) groups is 1. The van der Waals surface area contributed by atoms with Crippen LogP contribution in [0.2, 0.25) is 10.0 Å². The largest absolute Gasteiger partial charge is 0.482 e. The number of nitrogens with zero attached hydrogens (tertiary/aromatic N) is 1. The van der Waals surface area contributed by atoms with Crippen LogP contribution in [-0.2, 0) is 19.6 Å². The number of sulfonamides is 1. The predicted molar refractivity (Wildman–Crippen MR) is 107 cm³/mol. The van der Waals surface area contributed by atoms with Gasteiger partial charge < -0.3 is 14.4 Å². The summed E-state index contributed by atoms with van der Waals surface area (Å²) in [5, 5.41) is 0.591. The number of anilines is 1. The zero-order valence-electron chi connectivity index (χ0n) is 14.7. The van der Waals surface area contributed by atoms with Gasteiger partial charge in [-0.25, -0.2) is 8.42 Å². The van der Waals surface area contributed by atoms with Gasteiger partial charge in [-0.1, -0.05) is 23.2 Å². The molecule has 1 aliphatic rings. The van der Waals surface area contributed by atoms with Crippen LogP contribution in [0.5, 0.6) is 5.75 Å². The van der Waals surface area contributed by atoms with Crippen LogP contribution in [0.25, 0.3) is 0 Å². The summed E-state index contributed by atoms with van der Waals surface area (Å²) in [6, 6.07) is 10.3. The van der Waals surface area contributed by atoms with Crippen LogP contribution in [-0.4, -0.2) is 52.1 Å². The number of rotatable bonds is 6. The molecule has 1 amide bonds. The first-order valence-electron chi connectivity index (χ1n) is 8.41. The third kappa shape index (κ3) is 5.29. The van der Waals surface area contributed by atoms with E-state index in [2.05, 4.69) is 4.72 Å². The van der Waals surface area contributed by atoms with Crippen LogP contribution in [0.1, 0.15) is 0 Å². The number of halogens is 2. The summed E-state index contributed by atoms with van der Waals surface area (Å²) in [5.41, 5.74) is 0.372. The summed E-state index contributed by atoms with van der Waals surface area (Å²) < 4.78 is 38.1. The van der Waals surface area contributed by atoms with Gasteiger partial charge in [0.25, 0.3) is 15.9 Å². The molecule has 0 radical (unpaired) electrons. The molecule has 0 spiro atoms. The van der Waals surface area contributed by atoms with Crippen LogP contribution in [0, 0.1) is 0 Å². The maximum absolute atomic E-state index is 12.5. The molecule has 0 atom stereocenters. The highest BCUT2D eigenvalue weighted by Gasteiger charge is 2.19. The summed E-state index contributed by atoms with van der Waals surface area (Å²) in [4.78, 5) is 13.7. The van der Waals surface area contributed by atoms with Crippen molar-refractivity contribution in [2.24, 2.45) is 0 Å². The molecule has 10 heteroatoms. The molecule has 0 aliphatic carbocycles. The van der Waals surface area contributed by atoms with Gasteiger partial charge >= 0.3 is 0 Å². The molecule has 1 fully saturated rings. The van der Waals surface area contributed by atoms with E-state index in [-0.39, 0.29) is 28.2 Å². The molecule has 28 heavy (non-hydrogen) atoms. The first kappa shape index (κ1) is 20.7. The normalized spacial score (nSPS) is 14.6. The minimum Gasteiger partial charge on any atom is -0.482 e. The number of carbonyl (C=O) groups excluding carboxylic acids is 1. The Kier molecular flexibility index (Phi) is 6.66. The Balaban J connectivity index is 1.65. The molecule has 3 rings (SSSR count). The number of nitrogens with one attached hydrogen (secondary N) is 1. The Labute approximate surface area is 173 Å². The molecule has 150 valence electrons. The summed E-state index contributed by atoms with van der Waals surface area (Å²) >= 11 is 11.9. The van der Waals surface area contributed by atoms with E-state index in [0.717, 1.165) is 0 Å². The molecule has 0 bridgehead atoms. The Morgan fingerprint density at radius 3 is 2.43 bits per heavy atom. The highest BCUT2D eigenvalue weighted by Crippen LogP contribution is 2.28. The van der Waals surface area contributed by atoms with Crippen LogP contribution in [0.15, 0.2) is 47.4 Å². The van der Waals surface area contributed by atoms with Gasteiger partial charge in [0.15, 0.2) is 6.61 Å². The van der Waals surface area contributed by atoms with Crippen LogP contribution < -0.4 is 9.46 Å². The number of hydrogen-bond donors (Lipinski definition) is 1. The lowest BCUT2D eigenvalue weighted by Gasteiger charge is -2.26. The van der Waals surface area contributed by atoms with Crippen molar-refractivity contribution in [1.82, 2.24) is 4.90 Å².